The minimum absolute atomic E-state index is 0.215. The van der Waals surface area contributed by atoms with Crippen LogP contribution in [0.5, 0.6) is 0 Å². The van der Waals surface area contributed by atoms with Gasteiger partial charge in [0, 0.05) is 5.92 Å². The van der Waals surface area contributed by atoms with Crippen molar-refractivity contribution in [1.29, 1.82) is 0 Å². The van der Waals surface area contributed by atoms with Gasteiger partial charge in [-0.1, -0.05) is 60.7 Å². The zero-order valence-electron chi connectivity index (χ0n) is 10.4. The molecule has 0 amide bonds. The van der Waals surface area contributed by atoms with E-state index in [4.69, 9.17) is 0 Å². The minimum atomic E-state index is -0.974. The number of aliphatic hydroxyl groups excluding tert-OH is 1. The van der Waals surface area contributed by atoms with Crippen molar-refractivity contribution in [3.05, 3.63) is 77.9 Å². The smallest absolute Gasteiger partial charge is 0.185 e. The van der Waals surface area contributed by atoms with Crippen molar-refractivity contribution >= 4 is 11.4 Å². The Labute approximate surface area is 112 Å². The van der Waals surface area contributed by atoms with Gasteiger partial charge in [0.1, 0.15) is 6.10 Å². The number of benzene rings is 2. The maximum atomic E-state index is 11.8. The Morgan fingerprint density at radius 2 is 1.42 bits per heavy atom. The van der Waals surface area contributed by atoms with Gasteiger partial charge in [-0.05, 0) is 22.8 Å². The van der Waals surface area contributed by atoms with Gasteiger partial charge < -0.3 is 5.11 Å². The first-order valence-corrected chi connectivity index (χ1v) is 6.31. The van der Waals surface area contributed by atoms with Crippen molar-refractivity contribution in [2.45, 2.75) is 12.0 Å². The average Bonchev–Trinajstić information content (AvgIpc) is 2.77. The third-order valence-electron chi connectivity index (χ3n) is 3.51. The first-order valence-electron chi connectivity index (χ1n) is 6.31. The van der Waals surface area contributed by atoms with E-state index >= 15 is 0 Å². The number of hydrogen-bond donors (Lipinski definition) is 1. The highest BCUT2D eigenvalue weighted by molar-refractivity contribution is 6.07. The highest BCUT2D eigenvalue weighted by atomic mass is 16.3. The molecule has 0 aliphatic heterocycles. The minimum Gasteiger partial charge on any atom is -0.384 e. The van der Waals surface area contributed by atoms with E-state index in [2.05, 4.69) is 0 Å². The lowest BCUT2D eigenvalue weighted by atomic mass is 9.87. The summed E-state index contributed by atoms with van der Waals surface area (Å²) in [6, 6.07) is 19.4. The van der Waals surface area contributed by atoms with Crippen LogP contribution in [0.1, 0.15) is 17.0 Å². The Balaban J connectivity index is 2.07. The van der Waals surface area contributed by atoms with Crippen molar-refractivity contribution in [1.82, 2.24) is 0 Å². The zero-order valence-corrected chi connectivity index (χ0v) is 10.4. The molecule has 19 heavy (non-hydrogen) atoms. The number of ketones is 1. The van der Waals surface area contributed by atoms with Gasteiger partial charge >= 0.3 is 0 Å². The number of hydrogen-bond acceptors (Lipinski definition) is 2. The Morgan fingerprint density at radius 3 is 2.05 bits per heavy atom. The van der Waals surface area contributed by atoms with Crippen molar-refractivity contribution in [2.24, 2.45) is 0 Å². The molecule has 0 saturated carbocycles. The standard InChI is InChI=1S/C17H14O2/c18-15-11-14(12-7-3-1-4-8-12)16(17(15)19)13-9-5-2-6-10-13/h1-11,16-17,19H/t16-,17-/m0/s1. The van der Waals surface area contributed by atoms with Crippen LogP contribution in [0, 0.1) is 0 Å². The molecule has 0 unspecified atom stereocenters. The second-order valence-corrected chi connectivity index (χ2v) is 4.70. The first kappa shape index (κ1) is 11.9. The lowest BCUT2D eigenvalue weighted by Crippen LogP contribution is -2.21. The van der Waals surface area contributed by atoms with Crippen molar-refractivity contribution in [3.63, 3.8) is 0 Å². The second-order valence-electron chi connectivity index (χ2n) is 4.70. The Morgan fingerprint density at radius 1 is 0.842 bits per heavy atom. The molecule has 0 saturated heterocycles. The Hall–Kier alpha value is -2.19. The van der Waals surface area contributed by atoms with Crippen LogP contribution in [0.4, 0.5) is 0 Å². The summed E-state index contributed by atoms with van der Waals surface area (Å²) in [4.78, 5) is 11.8. The molecule has 1 N–H and O–H groups in total. The van der Waals surface area contributed by atoms with Gasteiger partial charge in [-0.15, -0.1) is 0 Å². The molecule has 3 rings (SSSR count). The van der Waals surface area contributed by atoms with Gasteiger partial charge in [-0.25, -0.2) is 0 Å². The fourth-order valence-corrected chi connectivity index (χ4v) is 2.58. The average molecular weight is 250 g/mol. The molecule has 0 fully saturated rings. The predicted octanol–water partition coefficient (Wildman–Crippen LogP) is 2.80. The fraction of sp³-hybridized carbons (Fsp3) is 0.118. The first-order chi connectivity index (χ1) is 9.27. The Bertz CT molecular complexity index is 614. The molecule has 1 aliphatic rings. The highest BCUT2D eigenvalue weighted by Crippen LogP contribution is 2.39. The van der Waals surface area contributed by atoms with Crippen LogP contribution in [0.25, 0.3) is 5.57 Å². The summed E-state index contributed by atoms with van der Waals surface area (Å²) in [6.07, 6.45) is 0.593. The van der Waals surface area contributed by atoms with Gasteiger partial charge in [-0.3, -0.25) is 4.79 Å². The van der Waals surface area contributed by atoms with Gasteiger partial charge in [0.15, 0.2) is 5.78 Å². The number of carbonyl (C=O) groups excluding carboxylic acids is 1. The topological polar surface area (TPSA) is 37.3 Å². The molecule has 1 aliphatic carbocycles. The molecule has 2 aromatic carbocycles. The lowest BCUT2D eigenvalue weighted by Gasteiger charge is -2.18. The molecular weight excluding hydrogens is 236 g/mol. The van der Waals surface area contributed by atoms with Crippen LogP contribution in [0.15, 0.2) is 66.7 Å². The van der Waals surface area contributed by atoms with Crippen LogP contribution < -0.4 is 0 Å². The van der Waals surface area contributed by atoms with E-state index in [1.165, 1.54) is 0 Å². The van der Waals surface area contributed by atoms with E-state index in [1.54, 1.807) is 6.08 Å². The van der Waals surface area contributed by atoms with E-state index in [1.807, 2.05) is 60.7 Å². The van der Waals surface area contributed by atoms with Gasteiger partial charge in [-0.2, -0.15) is 0 Å². The van der Waals surface area contributed by atoms with Gasteiger partial charge in [0.2, 0.25) is 0 Å². The quantitative estimate of drug-likeness (QED) is 0.890. The predicted molar refractivity (Wildman–Crippen MR) is 74.6 cm³/mol. The number of aliphatic hydroxyl groups is 1. The summed E-state index contributed by atoms with van der Waals surface area (Å²) in [7, 11) is 0. The summed E-state index contributed by atoms with van der Waals surface area (Å²) in [5.41, 5.74) is 2.85. The maximum Gasteiger partial charge on any atom is 0.185 e. The van der Waals surface area contributed by atoms with Gasteiger partial charge in [0.25, 0.3) is 0 Å². The normalized spacial score (nSPS) is 22.4. The summed E-state index contributed by atoms with van der Waals surface area (Å²) in [5.74, 6) is -0.483. The molecule has 2 aromatic rings. The summed E-state index contributed by atoms with van der Waals surface area (Å²) >= 11 is 0. The van der Waals surface area contributed by atoms with E-state index < -0.39 is 6.10 Å². The van der Waals surface area contributed by atoms with E-state index in [-0.39, 0.29) is 11.7 Å². The van der Waals surface area contributed by atoms with Crippen LogP contribution in [-0.4, -0.2) is 17.0 Å². The number of rotatable bonds is 2. The van der Waals surface area contributed by atoms with E-state index in [0.29, 0.717) is 0 Å². The van der Waals surface area contributed by atoms with Gasteiger partial charge in [0.05, 0.1) is 0 Å². The highest BCUT2D eigenvalue weighted by Gasteiger charge is 2.36. The third kappa shape index (κ3) is 2.11. The van der Waals surface area contributed by atoms with Crippen molar-refractivity contribution < 1.29 is 9.90 Å². The number of carbonyl (C=O) groups is 1. The van der Waals surface area contributed by atoms with Crippen LogP contribution in [0.3, 0.4) is 0 Å². The molecule has 94 valence electrons. The fourth-order valence-electron chi connectivity index (χ4n) is 2.58. The lowest BCUT2D eigenvalue weighted by molar-refractivity contribution is -0.121. The SMILES string of the molecule is O=C1C=C(c2ccccc2)[C@H](c2ccccc2)[C@H]1O. The molecule has 0 bridgehead atoms. The third-order valence-corrected chi connectivity index (χ3v) is 3.51. The molecular formula is C17H14O2. The molecule has 2 heteroatoms. The second kappa shape index (κ2) is 4.82. The summed E-state index contributed by atoms with van der Waals surface area (Å²) in [5, 5.41) is 10.1. The van der Waals surface area contributed by atoms with Crippen LogP contribution in [0.2, 0.25) is 0 Å². The molecule has 0 heterocycles. The summed E-state index contributed by atoms with van der Waals surface area (Å²) < 4.78 is 0. The van der Waals surface area contributed by atoms with Crippen molar-refractivity contribution in [2.75, 3.05) is 0 Å². The largest absolute Gasteiger partial charge is 0.384 e. The molecule has 0 spiro atoms. The van der Waals surface area contributed by atoms with E-state index in [9.17, 15) is 9.90 Å². The van der Waals surface area contributed by atoms with Crippen LogP contribution in [-0.2, 0) is 4.79 Å². The molecule has 2 nitrogen and oxygen atoms in total. The molecule has 2 atom stereocenters. The zero-order chi connectivity index (χ0) is 13.2. The molecule has 0 aromatic heterocycles. The molecule has 0 radical (unpaired) electrons. The maximum absolute atomic E-state index is 11.8. The summed E-state index contributed by atoms with van der Waals surface area (Å²) in [6.45, 7) is 0. The van der Waals surface area contributed by atoms with Crippen LogP contribution >= 0.6 is 0 Å². The monoisotopic (exact) mass is 250 g/mol. The Kier molecular flexibility index (Phi) is 3.02. The van der Waals surface area contributed by atoms with Crippen molar-refractivity contribution in [3.8, 4) is 0 Å². The van der Waals surface area contributed by atoms with E-state index in [0.717, 1.165) is 16.7 Å².